The molecule has 1 aromatic rings. The molecule has 0 heterocycles. The van der Waals surface area contributed by atoms with Gasteiger partial charge in [-0.2, -0.15) is 0 Å². The van der Waals surface area contributed by atoms with Gasteiger partial charge in [-0.15, -0.1) is 11.6 Å². The third kappa shape index (κ3) is 4.10. The summed E-state index contributed by atoms with van der Waals surface area (Å²) >= 11 is 5.99. The fraction of sp³-hybridized carbons (Fsp3) is 0.500. The summed E-state index contributed by atoms with van der Waals surface area (Å²) in [5.41, 5.74) is 1.06. The lowest BCUT2D eigenvalue weighted by molar-refractivity contribution is 0.622. The minimum Gasteiger partial charge on any atom is -0.207 e. The first-order chi connectivity index (χ1) is 6.72. The monoisotopic (exact) mass is 214 g/mol. The van der Waals surface area contributed by atoms with Crippen LogP contribution in [0.2, 0.25) is 0 Å². The average molecular weight is 215 g/mol. The molecule has 0 saturated carbocycles. The highest BCUT2D eigenvalue weighted by molar-refractivity contribution is 6.20. The van der Waals surface area contributed by atoms with E-state index in [4.69, 9.17) is 11.6 Å². The van der Waals surface area contributed by atoms with Crippen molar-refractivity contribution in [1.82, 2.24) is 0 Å². The number of aryl methyl sites for hydroxylation is 1. The number of hydrogen-bond acceptors (Lipinski definition) is 0. The molecule has 78 valence electrons. The predicted octanol–water partition coefficient (Wildman–Crippen LogP) is 4.17. The zero-order valence-corrected chi connectivity index (χ0v) is 9.23. The quantitative estimate of drug-likeness (QED) is 0.646. The van der Waals surface area contributed by atoms with E-state index >= 15 is 0 Å². The Kier molecular flexibility index (Phi) is 4.95. The summed E-state index contributed by atoms with van der Waals surface area (Å²) < 4.78 is 12.8. The molecule has 0 nitrogen and oxygen atoms in total. The summed E-state index contributed by atoms with van der Waals surface area (Å²) in [6, 6.07) is 6.77. The predicted molar refractivity (Wildman–Crippen MR) is 59.3 cm³/mol. The molecule has 0 aromatic heterocycles. The van der Waals surface area contributed by atoms with Crippen LogP contribution in [0.4, 0.5) is 4.39 Å². The second kappa shape index (κ2) is 6.02. The van der Waals surface area contributed by atoms with Gasteiger partial charge in [-0.3, -0.25) is 0 Å². The standard InChI is InChI=1S/C12H16ClF/c1-2-11(13)7-3-5-10-6-4-8-12(14)9-10/h4,6,8-9,11H,2-3,5,7H2,1H3. The summed E-state index contributed by atoms with van der Waals surface area (Å²) in [5.74, 6) is -0.152. The van der Waals surface area contributed by atoms with Gasteiger partial charge in [0.25, 0.3) is 0 Å². The molecular weight excluding hydrogens is 199 g/mol. The molecule has 14 heavy (non-hydrogen) atoms. The molecule has 0 aliphatic heterocycles. The zero-order chi connectivity index (χ0) is 10.4. The second-order valence-corrected chi connectivity index (χ2v) is 4.14. The van der Waals surface area contributed by atoms with E-state index < -0.39 is 0 Å². The van der Waals surface area contributed by atoms with Crippen LogP contribution in [0.15, 0.2) is 24.3 Å². The lowest BCUT2D eigenvalue weighted by atomic mass is 10.1. The van der Waals surface area contributed by atoms with E-state index in [1.807, 2.05) is 6.07 Å². The Balaban J connectivity index is 2.31. The van der Waals surface area contributed by atoms with Crippen molar-refractivity contribution in [2.75, 3.05) is 0 Å². The molecule has 0 amide bonds. The van der Waals surface area contributed by atoms with Crippen LogP contribution in [-0.2, 0) is 6.42 Å². The summed E-state index contributed by atoms with van der Waals surface area (Å²) in [6.07, 6.45) is 3.96. The lowest BCUT2D eigenvalue weighted by Gasteiger charge is -2.05. The molecular formula is C12H16ClF. The fourth-order valence-corrected chi connectivity index (χ4v) is 1.58. The number of rotatable bonds is 5. The van der Waals surface area contributed by atoms with Gasteiger partial charge in [0.05, 0.1) is 0 Å². The van der Waals surface area contributed by atoms with Gasteiger partial charge in [0.15, 0.2) is 0 Å². The van der Waals surface area contributed by atoms with Crippen LogP contribution in [0.25, 0.3) is 0 Å². The normalized spacial score (nSPS) is 12.8. The summed E-state index contributed by atoms with van der Waals surface area (Å²) in [4.78, 5) is 0. The molecule has 0 aliphatic carbocycles. The van der Waals surface area contributed by atoms with Crippen molar-refractivity contribution in [2.24, 2.45) is 0 Å². The Bertz CT molecular complexity index is 273. The summed E-state index contributed by atoms with van der Waals surface area (Å²) in [6.45, 7) is 2.08. The van der Waals surface area contributed by atoms with Crippen LogP contribution < -0.4 is 0 Å². The molecule has 0 bridgehead atoms. The lowest BCUT2D eigenvalue weighted by Crippen LogP contribution is -1.97. The van der Waals surface area contributed by atoms with Gasteiger partial charge in [-0.25, -0.2) is 4.39 Å². The molecule has 0 radical (unpaired) electrons. The van der Waals surface area contributed by atoms with Gasteiger partial charge in [-0.1, -0.05) is 19.1 Å². The smallest absolute Gasteiger partial charge is 0.123 e. The van der Waals surface area contributed by atoms with Crippen LogP contribution in [-0.4, -0.2) is 5.38 Å². The number of alkyl halides is 1. The Morgan fingerprint density at radius 2 is 2.21 bits per heavy atom. The second-order valence-electron chi connectivity index (χ2n) is 3.53. The maximum atomic E-state index is 12.8. The molecule has 0 aliphatic rings. The molecule has 1 rings (SSSR count). The van der Waals surface area contributed by atoms with Crippen LogP contribution in [0, 0.1) is 5.82 Å². The maximum absolute atomic E-state index is 12.8. The first kappa shape index (κ1) is 11.5. The molecule has 0 fully saturated rings. The molecule has 1 unspecified atom stereocenters. The molecule has 2 heteroatoms. The first-order valence-electron chi connectivity index (χ1n) is 5.11. The van der Waals surface area contributed by atoms with Crippen molar-refractivity contribution in [3.05, 3.63) is 35.6 Å². The van der Waals surface area contributed by atoms with Crippen LogP contribution >= 0.6 is 11.6 Å². The summed E-state index contributed by atoms with van der Waals surface area (Å²) in [5, 5.41) is 0.267. The van der Waals surface area contributed by atoms with Crippen molar-refractivity contribution < 1.29 is 4.39 Å². The van der Waals surface area contributed by atoms with Gasteiger partial charge in [-0.05, 0) is 43.4 Å². The molecule has 0 spiro atoms. The van der Waals surface area contributed by atoms with Crippen LogP contribution in [0.1, 0.15) is 31.7 Å². The van der Waals surface area contributed by atoms with Gasteiger partial charge in [0, 0.05) is 5.38 Å². The van der Waals surface area contributed by atoms with Gasteiger partial charge >= 0.3 is 0 Å². The minimum atomic E-state index is -0.152. The van der Waals surface area contributed by atoms with E-state index in [1.54, 1.807) is 12.1 Å². The minimum absolute atomic E-state index is 0.152. The van der Waals surface area contributed by atoms with Gasteiger partial charge in [0.2, 0.25) is 0 Å². The third-order valence-corrected chi connectivity index (χ3v) is 2.84. The van der Waals surface area contributed by atoms with Crippen molar-refractivity contribution in [3.8, 4) is 0 Å². The van der Waals surface area contributed by atoms with Crippen molar-refractivity contribution in [3.63, 3.8) is 0 Å². The summed E-state index contributed by atoms with van der Waals surface area (Å²) in [7, 11) is 0. The Morgan fingerprint density at radius 3 is 2.86 bits per heavy atom. The molecule has 0 N–H and O–H groups in total. The number of benzene rings is 1. The van der Waals surface area contributed by atoms with Crippen LogP contribution in [0.3, 0.4) is 0 Å². The zero-order valence-electron chi connectivity index (χ0n) is 8.47. The SMILES string of the molecule is CCC(Cl)CCCc1cccc(F)c1. The highest BCUT2D eigenvalue weighted by atomic mass is 35.5. The highest BCUT2D eigenvalue weighted by Gasteiger charge is 2.01. The Hall–Kier alpha value is -0.560. The van der Waals surface area contributed by atoms with E-state index in [0.717, 1.165) is 31.2 Å². The first-order valence-corrected chi connectivity index (χ1v) is 5.54. The third-order valence-electron chi connectivity index (χ3n) is 2.31. The van der Waals surface area contributed by atoms with E-state index in [-0.39, 0.29) is 11.2 Å². The average Bonchev–Trinajstić information content (AvgIpc) is 2.17. The van der Waals surface area contributed by atoms with E-state index in [0.29, 0.717) is 0 Å². The van der Waals surface area contributed by atoms with Gasteiger partial charge in [0.1, 0.15) is 5.82 Å². The van der Waals surface area contributed by atoms with Crippen molar-refractivity contribution in [1.29, 1.82) is 0 Å². The topological polar surface area (TPSA) is 0 Å². The van der Waals surface area contributed by atoms with Gasteiger partial charge < -0.3 is 0 Å². The van der Waals surface area contributed by atoms with Crippen molar-refractivity contribution >= 4 is 11.6 Å². The number of hydrogen-bond donors (Lipinski definition) is 0. The largest absolute Gasteiger partial charge is 0.207 e. The fourth-order valence-electron chi connectivity index (χ4n) is 1.42. The Labute approximate surface area is 90.1 Å². The van der Waals surface area contributed by atoms with E-state index in [9.17, 15) is 4.39 Å². The maximum Gasteiger partial charge on any atom is 0.123 e. The number of halogens is 2. The highest BCUT2D eigenvalue weighted by Crippen LogP contribution is 2.13. The molecule has 1 atom stereocenters. The molecule has 0 saturated heterocycles. The van der Waals surface area contributed by atoms with Crippen LogP contribution in [0.5, 0.6) is 0 Å². The van der Waals surface area contributed by atoms with Crippen molar-refractivity contribution in [2.45, 2.75) is 38.0 Å². The Morgan fingerprint density at radius 1 is 1.43 bits per heavy atom. The van der Waals surface area contributed by atoms with E-state index in [2.05, 4.69) is 6.92 Å². The van der Waals surface area contributed by atoms with E-state index in [1.165, 1.54) is 6.07 Å². The molecule has 1 aromatic carbocycles.